The minimum absolute atomic E-state index is 0. The summed E-state index contributed by atoms with van der Waals surface area (Å²) in [5.41, 5.74) is 12.3. The van der Waals surface area contributed by atoms with Crippen LogP contribution in [0.2, 0.25) is 0 Å². The average molecular weight is 664 g/mol. The molecule has 6 heteroatoms. The fourth-order valence-corrected chi connectivity index (χ4v) is 13.5. The van der Waals surface area contributed by atoms with Gasteiger partial charge < -0.3 is 24.8 Å². The van der Waals surface area contributed by atoms with Crippen LogP contribution in [0.1, 0.15) is 68.3 Å². The van der Waals surface area contributed by atoms with Gasteiger partial charge in [0.15, 0.2) is 0 Å². The Morgan fingerprint density at radius 3 is 1.57 bits per heavy atom. The Morgan fingerprint density at radius 2 is 1.20 bits per heavy atom. The molecule has 0 fully saturated rings. The van der Waals surface area contributed by atoms with Crippen molar-refractivity contribution >= 4 is 55.8 Å². The van der Waals surface area contributed by atoms with Crippen molar-refractivity contribution in [3.05, 3.63) is 65.6 Å². The molecule has 0 nitrogen and oxygen atoms in total. The van der Waals surface area contributed by atoms with Crippen LogP contribution < -0.4 is 24.8 Å². The number of allylic oxidation sites excluding steroid dienone is 2. The Kier molecular flexibility index (Phi) is 8.03. The van der Waals surface area contributed by atoms with Crippen LogP contribution >= 0.6 is 43.6 Å². The van der Waals surface area contributed by atoms with Crippen molar-refractivity contribution in [2.24, 2.45) is 0 Å². The monoisotopic (exact) mass is 660 g/mol. The van der Waals surface area contributed by atoms with E-state index in [0.29, 0.717) is 7.25 Å². The van der Waals surface area contributed by atoms with E-state index in [2.05, 4.69) is 83.8 Å². The van der Waals surface area contributed by atoms with Gasteiger partial charge in [0.2, 0.25) is 0 Å². The zero-order valence-electron chi connectivity index (χ0n) is 17.3. The molecule has 156 valence electrons. The molecule has 1 heterocycles. The third-order valence-corrected chi connectivity index (χ3v) is 14.6. The van der Waals surface area contributed by atoms with Crippen molar-refractivity contribution < 1.29 is 48.0 Å². The van der Waals surface area contributed by atoms with Gasteiger partial charge in [-0.2, -0.15) is 0 Å². The molecule has 5 rings (SSSR count). The molecule has 0 amide bonds. The Balaban J connectivity index is 0.00000128. The molecule has 2 aromatic rings. The van der Waals surface area contributed by atoms with E-state index in [4.69, 9.17) is 0 Å². The molecule has 0 N–H and O–H groups in total. The van der Waals surface area contributed by atoms with E-state index in [-0.39, 0.29) is 24.8 Å². The van der Waals surface area contributed by atoms with Crippen LogP contribution in [0.25, 0.3) is 12.2 Å². The second kappa shape index (κ2) is 9.51. The minimum Gasteiger partial charge on any atom is -1.00 e. The van der Waals surface area contributed by atoms with E-state index < -0.39 is 23.2 Å². The second-order valence-corrected chi connectivity index (χ2v) is 14.3. The quantitative estimate of drug-likeness (QED) is 0.476. The van der Waals surface area contributed by atoms with Gasteiger partial charge >= 0.3 is 202 Å². The normalized spacial score (nSPS) is 19.7. The predicted octanol–water partition coefficient (Wildman–Crippen LogP) is 2.51. The summed E-state index contributed by atoms with van der Waals surface area (Å²) in [6, 6.07) is 4.88. The molecule has 0 aromatic heterocycles. The summed E-state index contributed by atoms with van der Waals surface area (Å²) in [6.45, 7) is 9.30. The maximum Gasteiger partial charge on any atom is -1.00 e. The summed E-state index contributed by atoms with van der Waals surface area (Å²) >= 11 is 9.24. The van der Waals surface area contributed by atoms with Gasteiger partial charge in [0.05, 0.1) is 0 Å². The fourth-order valence-electron chi connectivity index (χ4n) is 4.78. The maximum absolute atomic E-state index is 4.02. The Labute approximate surface area is 224 Å². The van der Waals surface area contributed by atoms with E-state index in [0.717, 1.165) is 12.8 Å². The summed E-state index contributed by atoms with van der Waals surface area (Å²) < 4.78 is 4.09. The number of halogens is 4. The van der Waals surface area contributed by atoms with Gasteiger partial charge in [-0.1, -0.05) is 0 Å². The van der Waals surface area contributed by atoms with Gasteiger partial charge in [0.25, 0.3) is 0 Å². The molecule has 0 spiro atoms. The molecule has 8 bridgehead atoms. The molecule has 0 saturated heterocycles. The molecule has 30 heavy (non-hydrogen) atoms. The van der Waals surface area contributed by atoms with E-state index in [1.165, 1.54) is 41.0 Å². The molecule has 3 aliphatic rings. The molecule has 2 unspecified atom stereocenters. The van der Waals surface area contributed by atoms with Crippen molar-refractivity contribution in [3.8, 4) is 0 Å². The van der Waals surface area contributed by atoms with Gasteiger partial charge in [-0.05, 0) is 0 Å². The van der Waals surface area contributed by atoms with Crippen LogP contribution in [0.3, 0.4) is 0 Å². The summed E-state index contributed by atoms with van der Waals surface area (Å²) in [4.78, 5) is 2.89. The van der Waals surface area contributed by atoms with Gasteiger partial charge in [-0.25, -0.2) is 0 Å². The number of aryl methyl sites for hydroxylation is 2. The van der Waals surface area contributed by atoms with E-state index in [1.54, 1.807) is 22.3 Å². The van der Waals surface area contributed by atoms with Crippen molar-refractivity contribution in [1.82, 2.24) is 0 Å². The first-order valence-corrected chi connectivity index (χ1v) is 15.2. The molecular weight excluding hydrogens is 642 g/mol. The van der Waals surface area contributed by atoms with Crippen molar-refractivity contribution in [2.45, 2.75) is 57.6 Å². The summed E-state index contributed by atoms with van der Waals surface area (Å²) in [7, 11) is 0. The Morgan fingerprint density at radius 1 is 0.800 bits per heavy atom. The standard InChI is InChI=1S/C24H22Br2S.2ClH.Zr/c1-5-15-11-21(17-7-13(3)9-19(17)23(15)25)27-22-12-16(6-2)24(26)20-10-14(4)8-18(20)22;;;/h7-12H,5-6H2,1-4H3;2*1H;/q;;;+2/p-2. The summed E-state index contributed by atoms with van der Waals surface area (Å²) in [6.07, 6.45) is 7.15. The molecule has 0 saturated carbocycles. The third-order valence-electron chi connectivity index (χ3n) is 6.31. The van der Waals surface area contributed by atoms with Crippen molar-refractivity contribution in [3.63, 3.8) is 0 Å². The first-order valence-electron chi connectivity index (χ1n) is 9.95. The SMILES string of the molecule is CCc1cc2c3c(c1Br)[CH]([Zr+2][CH]1C(C)=Cc4c(cc(CC)c(Br)c41)S2)C(C)=C3.[Cl-].[Cl-]. The van der Waals surface area contributed by atoms with Crippen LogP contribution in [0.5, 0.6) is 0 Å². The summed E-state index contributed by atoms with van der Waals surface area (Å²) in [5.74, 6) is 0. The van der Waals surface area contributed by atoms with Gasteiger partial charge in [0, 0.05) is 0 Å². The first-order chi connectivity index (χ1) is 13.4. The maximum atomic E-state index is 4.02. The topological polar surface area (TPSA) is 0 Å². The smallest absolute Gasteiger partial charge is 1.00 e. The van der Waals surface area contributed by atoms with Crippen molar-refractivity contribution in [2.75, 3.05) is 0 Å². The Bertz CT molecular complexity index is 1020. The van der Waals surface area contributed by atoms with Crippen LogP contribution in [0.15, 0.2) is 42.0 Å². The number of benzene rings is 2. The summed E-state index contributed by atoms with van der Waals surface area (Å²) in [5, 5.41) is 0. The average Bonchev–Trinajstić information content (AvgIpc) is 3.17. The van der Waals surface area contributed by atoms with E-state index in [9.17, 15) is 0 Å². The number of rotatable bonds is 2. The second-order valence-electron chi connectivity index (χ2n) is 7.97. The zero-order valence-corrected chi connectivity index (χ0v) is 25.3. The molecule has 2 aliphatic carbocycles. The number of hydrogen-bond donors (Lipinski definition) is 0. The Hall–Kier alpha value is 0.693. The molecule has 2 atom stereocenters. The number of hydrogen-bond acceptors (Lipinski definition) is 1. The molecule has 1 aliphatic heterocycles. The van der Waals surface area contributed by atoms with E-state index >= 15 is 0 Å². The third kappa shape index (κ3) is 3.74. The largest absolute Gasteiger partial charge is 1.00 e. The van der Waals surface area contributed by atoms with Gasteiger partial charge in [-0.3, -0.25) is 0 Å². The molecular formula is C24H22Br2Cl2SZr. The van der Waals surface area contributed by atoms with Crippen LogP contribution in [0.4, 0.5) is 0 Å². The fraction of sp³-hybridized carbons (Fsp3) is 0.333. The van der Waals surface area contributed by atoms with E-state index in [1.807, 2.05) is 11.8 Å². The van der Waals surface area contributed by atoms with Crippen LogP contribution in [0, 0.1) is 0 Å². The first kappa shape index (κ1) is 25.3. The predicted molar refractivity (Wildman–Crippen MR) is 124 cm³/mol. The van der Waals surface area contributed by atoms with Gasteiger partial charge in [-0.15, -0.1) is 0 Å². The van der Waals surface area contributed by atoms with Crippen LogP contribution in [-0.2, 0) is 36.1 Å². The van der Waals surface area contributed by atoms with Gasteiger partial charge in [0.1, 0.15) is 0 Å². The van der Waals surface area contributed by atoms with Crippen molar-refractivity contribution in [1.29, 1.82) is 0 Å². The zero-order chi connectivity index (χ0) is 19.7. The minimum atomic E-state index is -0.789. The molecule has 0 radical (unpaired) electrons. The molecule has 2 aromatic carbocycles. The van der Waals surface area contributed by atoms with Crippen LogP contribution in [-0.4, -0.2) is 0 Å².